The standard InChI is InChI=1S/C14H18N2O/c1-11-4-5-13(17-3)8-14(11)15-9-12-6-7-16(2)10-12/h4-8,10,15H,9H2,1-3H3. The number of hydrogen-bond donors (Lipinski definition) is 1. The van der Waals surface area contributed by atoms with Crippen LogP contribution < -0.4 is 10.1 Å². The monoisotopic (exact) mass is 230 g/mol. The van der Waals surface area contributed by atoms with Crippen LogP contribution in [0.5, 0.6) is 5.75 Å². The summed E-state index contributed by atoms with van der Waals surface area (Å²) in [5, 5.41) is 3.42. The molecule has 0 saturated heterocycles. The highest BCUT2D eigenvalue weighted by molar-refractivity contribution is 5.54. The van der Waals surface area contributed by atoms with E-state index in [-0.39, 0.29) is 0 Å². The molecule has 17 heavy (non-hydrogen) atoms. The van der Waals surface area contributed by atoms with Gasteiger partial charge in [0.05, 0.1) is 7.11 Å². The van der Waals surface area contributed by atoms with Crippen molar-refractivity contribution in [2.75, 3.05) is 12.4 Å². The van der Waals surface area contributed by atoms with Crippen LogP contribution >= 0.6 is 0 Å². The van der Waals surface area contributed by atoms with Gasteiger partial charge in [-0.1, -0.05) is 6.07 Å². The summed E-state index contributed by atoms with van der Waals surface area (Å²) >= 11 is 0. The summed E-state index contributed by atoms with van der Waals surface area (Å²) in [4.78, 5) is 0. The van der Waals surface area contributed by atoms with Gasteiger partial charge in [-0.15, -0.1) is 0 Å². The molecule has 2 aromatic rings. The number of aryl methyl sites for hydroxylation is 2. The Morgan fingerprint density at radius 2 is 2.12 bits per heavy atom. The van der Waals surface area contributed by atoms with Gasteiger partial charge in [-0.05, 0) is 30.2 Å². The topological polar surface area (TPSA) is 26.2 Å². The number of anilines is 1. The third kappa shape index (κ3) is 2.81. The molecule has 3 heteroatoms. The molecule has 1 N–H and O–H groups in total. The first-order valence-corrected chi connectivity index (χ1v) is 5.68. The highest BCUT2D eigenvalue weighted by atomic mass is 16.5. The molecule has 0 radical (unpaired) electrons. The Morgan fingerprint density at radius 3 is 2.76 bits per heavy atom. The van der Waals surface area contributed by atoms with Crippen molar-refractivity contribution in [2.45, 2.75) is 13.5 Å². The predicted octanol–water partition coefficient (Wildman–Crippen LogP) is 2.95. The van der Waals surface area contributed by atoms with Gasteiger partial charge in [0.25, 0.3) is 0 Å². The van der Waals surface area contributed by atoms with Crippen LogP contribution in [0.2, 0.25) is 0 Å². The van der Waals surface area contributed by atoms with Gasteiger partial charge in [0.1, 0.15) is 5.75 Å². The smallest absolute Gasteiger partial charge is 0.120 e. The Labute approximate surface area is 102 Å². The second kappa shape index (κ2) is 4.95. The minimum absolute atomic E-state index is 0.828. The van der Waals surface area contributed by atoms with Crippen LogP contribution in [0.4, 0.5) is 5.69 Å². The lowest BCUT2D eigenvalue weighted by Gasteiger charge is -2.10. The van der Waals surface area contributed by atoms with Crippen LogP contribution in [0.25, 0.3) is 0 Å². The Bertz CT molecular complexity index is 503. The van der Waals surface area contributed by atoms with Crippen LogP contribution in [0, 0.1) is 6.92 Å². The van der Waals surface area contributed by atoms with Gasteiger partial charge in [0, 0.05) is 37.7 Å². The minimum Gasteiger partial charge on any atom is -0.497 e. The fraction of sp³-hybridized carbons (Fsp3) is 0.286. The summed E-state index contributed by atoms with van der Waals surface area (Å²) in [5.74, 6) is 0.881. The molecule has 0 atom stereocenters. The lowest BCUT2D eigenvalue weighted by molar-refractivity contribution is 0.415. The van der Waals surface area contributed by atoms with E-state index in [1.54, 1.807) is 7.11 Å². The van der Waals surface area contributed by atoms with Crippen LogP contribution in [-0.2, 0) is 13.6 Å². The van der Waals surface area contributed by atoms with E-state index in [4.69, 9.17) is 4.74 Å². The zero-order valence-corrected chi connectivity index (χ0v) is 10.5. The molecule has 0 unspecified atom stereocenters. The number of aromatic nitrogens is 1. The SMILES string of the molecule is COc1ccc(C)c(NCc2ccn(C)c2)c1. The Hall–Kier alpha value is -1.90. The van der Waals surface area contributed by atoms with Crippen LogP contribution in [0.1, 0.15) is 11.1 Å². The number of ether oxygens (including phenoxy) is 1. The van der Waals surface area contributed by atoms with E-state index in [1.165, 1.54) is 11.1 Å². The maximum atomic E-state index is 5.22. The van der Waals surface area contributed by atoms with E-state index < -0.39 is 0 Å². The molecule has 0 saturated carbocycles. The fourth-order valence-electron chi connectivity index (χ4n) is 1.78. The van der Waals surface area contributed by atoms with E-state index >= 15 is 0 Å². The number of nitrogens with one attached hydrogen (secondary N) is 1. The van der Waals surface area contributed by atoms with Crippen molar-refractivity contribution >= 4 is 5.69 Å². The van der Waals surface area contributed by atoms with Crippen molar-refractivity contribution in [1.29, 1.82) is 0 Å². The molecule has 0 aliphatic rings. The molecule has 2 rings (SSSR count). The van der Waals surface area contributed by atoms with Crippen LogP contribution in [0.3, 0.4) is 0 Å². The average Bonchev–Trinajstić information content (AvgIpc) is 2.74. The van der Waals surface area contributed by atoms with Gasteiger partial charge < -0.3 is 14.6 Å². The number of benzene rings is 1. The summed E-state index contributed by atoms with van der Waals surface area (Å²) in [6.45, 7) is 2.92. The Morgan fingerprint density at radius 1 is 1.29 bits per heavy atom. The third-order valence-corrected chi connectivity index (χ3v) is 2.82. The van der Waals surface area contributed by atoms with Crippen LogP contribution in [-0.4, -0.2) is 11.7 Å². The van der Waals surface area contributed by atoms with Crippen molar-refractivity contribution in [2.24, 2.45) is 7.05 Å². The molecule has 0 bridgehead atoms. The van der Waals surface area contributed by atoms with E-state index in [2.05, 4.69) is 41.3 Å². The van der Waals surface area contributed by atoms with E-state index in [0.717, 1.165) is 18.0 Å². The number of nitrogens with zero attached hydrogens (tertiary/aromatic N) is 1. The molecule has 0 aliphatic heterocycles. The quantitative estimate of drug-likeness (QED) is 0.874. The van der Waals surface area contributed by atoms with Gasteiger partial charge in [-0.3, -0.25) is 0 Å². The maximum Gasteiger partial charge on any atom is 0.120 e. The first-order valence-electron chi connectivity index (χ1n) is 5.68. The maximum absolute atomic E-state index is 5.22. The molecule has 0 amide bonds. The Balaban J connectivity index is 2.07. The predicted molar refractivity (Wildman–Crippen MR) is 70.5 cm³/mol. The summed E-state index contributed by atoms with van der Waals surface area (Å²) in [6, 6.07) is 8.18. The average molecular weight is 230 g/mol. The van der Waals surface area contributed by atoms with Gasteiger partial charge in [-0.25, -0.2) is 0 Å². The van der Waals surface area contributed by atoms with Crippen molar-refractivity contribution in [1.82, 2.24) is 4.57 Å². The van der Waals surface area contributed by atoms with Crippen molar-refractivity contribution < 1.29 is 4.74 Å². The molecule has 0 fully saturated rings. The molecule has 0 spiro atoms. The summed E-state index contributed by atoms with van der Waals surface area (Å²) in [5.41, 5.74) is 3.62. The number of rotatable bonds is 4. The zero-order valence-electron chi connectivity index (χ0n) is 10.5. The van der Waals surface area contributed by atoms with Crippen molar-refractivity contribution in [3.05, 3.63) is 47.8 Å². The van der Waals surface area contributed by atoms with Gasteiger partial charge >= 0.3 is 0 Å². The minimum atomic E-state index is 0.828. The molecular formula is C14H18N2O. The Kier molecular flexibility index (Phi) is 3.38. The highest BCUT2D eigenvalue weighted by Gasteiger charge is 2.01. The van der Waals surface area contributed by atoms with Gasteiger partial charge in [0.15, 0.2) is 0 Å². The molecular weight excluding hydrogens is 212 g/mol. The van der Waals surface area contributed by atoms with E-state index in [9.17, 15) is 0 Å². The van der Waals surface area contributed by atoms with E-state index in [0.29, 0.717) is 0 Å². The first kappa shape index (κ1) is 11.6. The summed E-state index contributed by atoms with van der Waals surface area (Å²) < 4.78 is 7.27. The van der Waals surface area contributed by atoms with Crippen molar-refractivity contribution in [3.8, 4) is 5.75 Å². The zero-order chi connectivity index (χ0) is 12.3. The largest absolute Gasteiger partial charge is 0.497 e. The number of methoxy groups -OCH3 is 1. The second-order valence-corrected chi connectivity index (χ2v) is 4.22. The molecule has 90 valence electrons. The van der Waals surface area contributed by atoms with Crippen molar-refractivity contribution in [3.63, 3.8) is 0 Å². The van der Waals surface area contributed by atoms with Crippen LogP contribution in [0.15, 0.2) is 36.7 Å². The molecule has 0 aliphatic carbocycles. The van der Waals surface area contributed by atoms with Gasteiger partial charge in [0.2, 0.25) is 0 Å². The number of hydrogen-bond acceptors (Lipinski definition) is 2. The lowest BCUT2D eigenvalue weighted by atomic mass is 10.2. The van der Waals surface area contributed by atoms with Gasteiger partial charge in [-0.2, -0.15) is 0 Å². The third-order valence-electron chi connectivity index (χ3n) is 2.82. The molecule has 1 aromatic carbocycles. The molecule has 1 aromatic heterocycles. The fourth-order valence-corrected chi connectivity index (χ4v) is 1.78. The first-order chi connectivity index (χ1) is 8.19. The van der Waals surface area contributed by atoms with E-state index in [1.807, 2.05) is 19.2 Å². The molecule has 1 heterocycles. The summed E-state index contributed by atoms with van der Waals surface area (Å²) in [7, 11) is 3.71. The summed E-state index contributed by atoms with van der Waals surface area (Å²) in [6.07, 6.45) is 4.16. The second-order valence-electron chi connectivity index (χ2n) is 4.22. The lowest BCUT2D eigenvalue weighted by Crippen LogP contribution is -2.00. The highest BCUT2D eigenvalue weighted by Crippen LogP contribution is 2.22. The molecule has 3 nitrogen and oxygen atoms in total. The normalized spacial score (nSPS) is 10.3.